The summed E-state index contributed by atoms with van der Waals surface area (Å²) >= 11 is 1.80. The van der Waals surface area contributed by atoms with Crippen molar-refractivity contribution in [3.8, 4) is 5.75 Å². The van der Waals surface area contributed by atoms with E-state index in [-0.39, 0.29) is 24.0 Å². The molecule has 0 saturated heterocycles. The van der Waals surface area contributed by atoms with Gasteiger partial charge in [0.25, 0.3) is 0 Å². The van der Waals surface area contributed by atoms with Crippen LogP contribution in [0.1, 0.15) is 27.8 Å². The summed E-state index contributed by atoms with van der Waals surface area (Å²) in [5, 5.41) is 6.69. The molecule has 27 heavy (non-hydrogen) atoms. The van der Waals surface area contributed by atoms with E-state index in [9.17, 15) is 0 Å². The molecule has 0 atom stereocenters. The molecule has 0 aliphatic heterocycles. The van der Waals surface area contributed by atoms with Crippen molar-refractivity contribution in [2.24, 2.45) is 4.99 Å². The molecule has 0 radical (unpaired) electrons. The molecule has 5 nitrogen and oxygen atoms in total. The van der Waals surface area contributed by atoms with Gasteiger partial charge in [-0.3, -0.25) is 0 Å². The Balaban J connectivity index is 0.00000364. The van der Waals surface area contributed by atoms with Crippen LogP contribution in [0.3, 0.4) is 0 Å². The van der Waals surface area contributed by atoms with Crippen LogP contribution in [0.25, 0.3) is 0 Å². The van der Waals surface area contributed by atoms with Gasteiger partial charge in [0.05, 0.1) is 19.7 Å². The minimum atomic E-state index is 0. The lowest BCUT2D eigenvalue weighted by atomic mass is 10.1. The number of hydrogen-bond acceptors (Lipinski definition) is 4. The summed E-state index contributed by atoms with van der Waals surface area (Å²) in [4.78, 5) is 7.33. The Labute approximate surface area is 183 Å². The molecule has 0 amide bonds. The Bertz CT molecular complexity index is 719. The van der Waals surface area contributed by atoms with Gasteiger partial charge >= 0.3 is 0 Å². The van der Waals surface area contributed by atoms with Crippen LogP contribution >= 0.6 is 35.3 Å². The number of benzene rings is 1. The van der Waals surface area contributed by atoms with Crippen LogP contribution in [0.15, 0.2) is 35.3 Å². The molecule has 2 rings (SSSR count). The first-order valence-corrected chi connectivity index (χ1v) is 9.72. The smallest absolute Gasteiger partial charge is 0.191 e. The van der Waals surface area contributed by atoms with Gasteiger partial charge in [-0.05, 0) is 44.5 Å². The van der Waals surface area contributed by atoms with Crippen LogP contribution in [0.2, 0.25) is 0 Å². The van der Waals surface area contributed by atoms with Gasteiger partial charge in [0.1, 0.15) is 12.4 Å². The third kappa shape index (κ3) is 8.49. The fourth-order valence-corrected chi connectivity index (χ4v) is 3.25. The molecule has 0 saturated carbocycles. The largest absolute Gasteiger partial charge is 0.491 e. The Morgan fingerprint density at radius 3 is 2.59 bits per heavy atom. The van der Waals surface area contributed by atoms with E-state index < -0.39 is 0 Å². The quantitative estimate of drug-likeness (QED) is 0.233. The first kappa shape index (κ1) is 23.7. The standard InChI is InChI=1S/C20H29N3O2S.HI/c1-5-21-20(23-14-18-9-7-16(3)26-18)22-13-17-8-6-15(2)12-19(17)25-11-10-24-4;/h6-9,12H,5,10-11,13-14H2,1-4H3,(H2,21,22,23);1H. The summed E-state index contributed by atoms with van der Waals surface area (Å²) in [5.41, 5.74) is 2.24. The Kier molecular flexibility index (Phi) is 11.4. The number of rotatable bonds is 9. The number of ether oxygens (including phenoxy) is 2. The minimum absolute atomic E-state index is 0. The van der Waals surface area contributed by atoms with Gasteiger partial charge < -0.3 is 20.1 Å². The highest BCUT2D eigenvalue weighted by Crippen LogP contribution is 2.21. The Morgan fingerprint density at radius 2 is 1.93 bits per heavy atom. The van der Waals surface area contributed by atoms with Crippen molar-refractivity contribution in [2.45, 2.75) is 33.9 Å². The topological polar surface area (TPSA) is 54.9 Å². The van der Waals surface area contributed by atoms with Gasteiger partial charge in [0.2, 0.25) is 0 Å². The van der Waals surface area contributed by atoms with E-state index in [0.29, 0.717) is 19.8 Å². The number of nitrogens with one attached hydrogen (secondary N) is 2. The fraction of sp³-hybridized carbons (Fsp3) is 0.450. The zero-order valence-corrected chi connectivity index (χ0v) is 19.6. The van der Waals surface area contributed by atoms with Crippen LogP contribution in [-0.4, -0.2) is 32.8 Å². The Morgan fingerprint density at radius 1 is 1.11 bits per heavy atom. The molecule has 1 aromatic carbocycles. The summed E-state index contributed by atoms with van der Waals surface area (Å²) in [6, 6.07) is 10.5. The summed E-state index contributed by atoms with van der Waals surface area (Å²) < 4.78 is 10.9. The van der Waals surface area contributed by atoms with Crippen LogP contribution in [-0.2, 0) is 17.8 Å². The van der Waals surface area contributed by atoms with E-state index in [1.54, 1.807) is 18.4 Å². The van der Waals surface area contributed by atoms with Crippen LogP contribution in [0.4, 0.5) is 0 Å². The number of thiophene rings is 1. The van der Waals surface area contributed by atoms with Crippen molar-refractivity contribution in [2.75, 3.05) is 26.9 Å². The molecule has 2 N–H and O–H groups in total. The van der Waals surface area contributed by atoms with E-state index in [2.05, 4.69) is 61.7 Å². The second-order valence-electron chi connectivity index (χ2n) is 6.01. The average Bonchev–Trinajstić information content (AvgIpc) is 3.04. The highest BCUT2D eigenvalue weighted by Gasteiger charge is 2.06. The predicted octanol–water partition coefficient (Wildman–Crippen LogP) is 4.26. The lowest BCUT2D eigenvalue weighted by Crippen LogP contribution is -2.36. The van der Waals surface area contributed by atoms with E-state index in [1.165, 1.54) is 15.3 Å². The summed E-state index contributed by atoms with van der Waals surface area (Å²) in [5.74, 6) is 1.68. The third-order valence-corrected chi connectivity index (χ3v) is 4.75. The van der Waals surface area contributed by atoms with Gasteiger partial charge in [-0.15, -0.1) is 35.3 Å². The van der Waals surface area contributed by atoms with Crippen molar-refractivity contribution in [3.05, 3.63) is 51.2 Å². The van der Waals surface area contributed by atoms with E-state index in [0.717, 1.165) is 30.4 Å². The van der Waals surface area contributed by atoms with Gasteiger partial charge in [-0.2, -0.15) is 0 Å². The maximum Gasteiger partial charge on any atom is 0.191 e. The molecule has 0 spiro atoms. The number of hydrogen-bond donors (Lipinski definition) is 2. The first-order valence-electron chi connectivity index (χ1n) is 8.91. The van der Waals surface area contributed by atoms with Gasteiger partial charge in [-0.1, -0.05) is 12.1 Å². The lowest BCUT2D eigenvalue weighted by Gasteiger charge is -2.13. The second kappa shape index (κ2) is 13.0. The lowest BCUT2D eigenvalue weighted by molar-refractivity contribution is 0.145. The normalized spacial score (nSPS) is 11.0. The van der Waals surface area contributed by atoms with Crippen molar-refractivity contribution >= 4 is 41.3 Å². The molecule has 1 aromatic heterocycles. The van der Waals surface area contributed by atoms with Crippen molar-refractivity contribution in [1.82, 2.24) is 10.6 Å². The molecule has 0 aliphatic carbocycles. The highest BCUT2D eigenvalue weighted by molar-refractivity contribution is 14.0. The van der Waals surface area contributed by atoms with Gasteiger partial charge in [-0.25, -0.2) is 4.99 Å². The van der Waals surface area contributed by atoms with Crippen molar-refractivity contribution in [3.63, 3.8) is 0 Å². The zero-order chi connectivity index (χ0) is 18.8. The first-order chi connectivity index (χ1) is 12.6. The minimum Gasteiger partial charge on any atom is -0.491 e. The third-order valence-electron chi connectivity index (χ3n) is 3.75. The maximum absolute atomic E-state index is 5.85. The molecular weight excluding hydrogens is 473 g/mol. The average molecular weight is 503 g/mol. The van der Waals surface area contributed by atoms with Gasteiger partial charge in [0, 0.05) is 29.0 Å². The van der Waals surface area contributed by atoms with Gasteiger partial charge in [0.15, 0.2) is 5.96 Å². The summed E-state index contributed by atoms with van der Waals surface area (Å²) in [6.45, 7) is 9.50. The number of guanidine groups is 1. The maximum atomic E-state index is 5.85. The molecule has 0 unspecified atom stereocenters. The molecule has 0 aliphatic rings. The number of halogens is 1. The zero-order valence-electron chi connectivity index (χ0n) is 16.5. The van der Waals surface area contributed by atoms with E-state index >= 15 is 0 Å². The number of nitrogens with zero attached hydrogens (tertiary/aromatic N) is 1. The van der Waals surface area contributed by atoms with Crippen LogP contribution < -0.4 is 15.4 Å². The molecule has 150 valence electrons. The second-order valence-corrected chi connectivity index (χ2v) is 7.39. The predicted molar refractivity (Wildman–Crippen MR) is 125 cm³/mol. The van der Waals surface area contributed by atoms with Crippen LogP contribution in [0.5, 0.6) is 5.75 Å². The monoisotopic (exact) mass is 503 g/mol. The van der Waals surface area contributed by atoms with Crippen molar-refractivity contribution in [1.29, 1.82) is 0 Å². The van der Waals surface area contributed by atoms with E-state index in [1.807, 2.05) is 0 Å². The fourth-order valence-electron chi connectivity index (χ4n) is 2.42. The van der Waals surface area contributed by atoms with Crippen LogP contribution in [0, 0.1) is 13.8 Å². The SMILES string of the molecule is CCNC(=NCc1ccc(C)cc1OCCOC)NCc1ccc(C)s1.I. The highest BCUT2D eigenvalue weighted by atomic mass is 127. The molecule has 1 heterocycles. The van der Waals surface area contributed by atoms with E-state index in [4.69, 9.17) is 14.5 Å². The molecule has 0 bridgehead atoms. The number of methoxy groups -OCH3 is 1. The number of aliphatic imine (C=N–C) groups is 1. The molecule has 7 heteroatoms. The van der Waals surface area contributed by atoms with Crippen molar-refractivity contribution < 1.29 is 9.47 Å². The molecular formula is C20H30IN3O2S. The summed E-state index contributed by atoms with van der Waals surface area (Å²) in [6.07, 6.45) is 0. The Hall–Kier alpha value is -1.32. The summed E-state index contributed by atoms with van der Waals surface area (Å²) in [7, 11) is 1.67. The molecule has 0 fully saturated rings. The molecule has 2 aromatic rings. The number of aryl methyl sites for hydroxylation is 2.